The third-order valence-corrected chi connectivity index (χ3v) is 1.98. The second-order valence-corrected chi connectivity index (χ2v) is 4.50. The Balaban J connectivity index is 0. The number of para-hydroxylation sites is 1. The van der Waals surface area contributed by atoms with Crippen LogP contribution in [0.3, 0.4) is 0 Å². The number of carbonyl (C=O) groups excluding carboxylic acids is 4. The van der Waals surface area contributed by atoms with E-state index in [1.807, 2.05) is 18.2 Å². The maximum absolute atomic E-state index is 11.2. The topological polar surface area (TPSA) is 96.0 Å². The zero-order chi connectivity index (χ0) is 23.3. The summed E-state index contributed by atoms with van der Waals surface area (Å²) in [5.74, 6) is -5.59. The Morgan fingerprint density at radius 1 is 0.793 bits per heavy atom. The molecule has 0 heterocycles. The van der Waals surface area contributed by atoms with Crippen molar-refractivity contribution >= 4 is 23.9 Å². The number of hydrogen-bond acceptors (Lipinski definition) is 7. The molecule has 29 heavy (non-hydrogen) atoms. The molecule has 0 amide bonds. The van der Waals surface area contributed by atoms with Gasteiger partial charge in [0, 0.05) is 13.8 Å². The molecule has 0 fully saturated rings. The van der Waals surface area contributed by atoms with Gasteiger partial charge in [-0.3, -0.25) is 9.59 Å². The van der Waals surface area contributed by atoms with Crippen molar-refractivity contribution in [3.63, 3.8) is 0 Å². The summed E-state index contributed by atoms with van der Waals surface area (Å²) < 4.78 is 78.7. The highest BCUT2D eigenvalue weighted by Gasteiger charge is 2.42. The molecule has 1 aromatic carbocycles. The van der Waals surface area contributed by atoms with Crippen molar-refractivity contribution in [2.75, 3.05) is 6.61 Å². The summed E-state index contributed by atoms with van der Waals surface area (Å²) in [7, 11) is 0. The van der Waals surface area contributed by atoms with Gasteiger partial charge in [-0.15, -0.1) is 0 Å². The van der Waals surface area contributed by atoms with Crippen LogP contribution in [0.15, 0.2) is 30.3 Å². The summed E-state index contributed by atoms with van der Waals surface area (Å²) in [5.41, 5.74) is 0. The van der Waals surface area contributed by atoms with Crippen molar-refractivity contribution in [3.05, 3.63) is 30.3 Å². The molecular weight excluding hydrogens is 418 g/mol. The zero-order valence-corrected chi connectivity index (χ0v) is 15.2. The minimum absolute atomic E-state index is 0.252. The number of esters is 4. The highest BCUT2D eigenvalue weighted by molar-refractivity contribution is 5.87. The first-order valence-corrected chi connectivity index (χ1v) is 7.38. The van der Waals surface area contributed by atoms with Crippen LogP contribution >= 0.6 is 0 Å². The van der Waals surface area contributed by atoms with Crippen LogP contribution in [0.5, 0.6) is 5.75 Å². The molecule has 0 bridgehead atoms. The van der Waals surface area contributed by atoms with Gasteiger partial charge in [0.05, 0.1) is 6.61 Å². The lowest BCUT2D eigenvalue weighted by Gasteiger charge is -2.02. The molecule has 7 nitrogen and oxygen atoms in total. The van der Waals surface area contributed by atoms with E-state index >= 15 is 0 Å². The molecule has 0 saturated heterocycles. The quantitative estimate of drug-likeness (QED) is 0.305. The predicted octanol–water partition coefficient (Wildman–Crippen LogP) is 3.36. The minimum atomic E-state index is -5.09. The van der Waals surface area contributed by atoms with E-state index in [9.17, 15) is 45.5 Å². The van der Waals surface area contributed by atoms with Crippen LogP contribution in [-0.4, -0.2) is 42.8 Å². The van der Waals surface area contributed by atoms with Gasteiger partial charge in [-0.2, -0.15) is 26.3 Å². The fourth-order valence-electron chi connectivity index (χ4n) is 1.06. The van der Waals surface area contributed by atoms with Gasteiger partial charge < -0.3 is 14.2 Å². The van der Waals surface area contributed by atoms with E-state index in [0.29, 0.717) is 12.7 Å². The van der Waals surface area contributed by atoms with Crippen LogP contribution in [0.1, 0.15) is 20.8 Å². The molecule has 0 saturated carbocycles. The number of alkyl halides is 6. The Hall–Kier alpha value is -3.12. The number of ether oxygens (including phenoxy) is 3. The summed E-state index contributed by atoms with van der Waals surface area (Å²) in [4.78, 5) is 39.6. The molecule has 1 aromatic rings. The average molecular weight is 434 g/mol. The fraction of sp³-hybridized carbons (Fsp3) is 0.375. The molecule has 0 aliphatic carbocycles. The van der Waals surface area contributed by atoms with Crippen LogP contribution in [0, 0.1) is 0 Å². The number of carbonyl (C=O) groups is 4. The van der Waals surface area contributed by atoms with Crippen molar-refractivity contribution in [3.8, 4) is 5.75 Å². The van der Waals surface area contributed by atoms with E-state index in [4.69, 9.17) is 4.74 Å². The number of halogens is 6. The van der Waals surface area contributed by atoms with Crippen molar-refractivity contribution < 1.29 is 59.7 Å². The zero-order valence-electron chi connectivity index (χ0n) is 15.2. The van der Waals surface area contributed by atoms with Gasteiger partial charge in [-0.1, -0.05) is 18.2 Å². The lowest BCUT2D eigenvalue weighted by atomic mass is 10.3. The standard InChI is InChI=1S/C8H8O2.C4H3F3O3.C4H5F3O2/c1-7(9)10-8-5-3-2-4-6-8;1-2(8)10-3(9)4(5,6)7;1-2-9-3(8)4(5,6)7/h2-6H,1H3;1H3;2H2,1H3. The van der Waals surface area contributed by atoms with Gasteiger partial charge >= 0.3 is 36.2 Å². The maximum Gasteiger partial charge on any atom is 0.491 e. The van der Waals surface area contributed by atoms with Crippen molar-refractivity contribution in [1.29, 1.82) is 0 Å². The third kappa shape index (κ3) is 16.8. The molecule has 13 heteroatoms. The van der Waals surface area contributed by atoms with Crippen molar-refractivity contribution in [2.24, 2.45) is 0 Å². The van der Waals surface area contributed by atoms with Crippen molar-refractivity contribution in [1.82, 2.24) is 0 Å². The van der Waals surface area contributed by atoms with Crippen LogP contribution in [-0.2, 0) is 28.7 Å². The number of hydrogen-bond donors (Lipinski definition) is 0. The maximum atomic E-state index is 11.2. The SMILES string of the molecule is CC(=O)OC(=O)C(F)(F)F.CC(=O)Oc1ccccc1.CCOC(=O)C(F)(F)F. The van der Waals surface area contributed by atoms with Gasteiger partial charge in [0.2, 0.25) is 0 Å². The second kappa shape index (κ2) is 13.1. The molecule has 0 spiro atoms. The van der Waals surface area contributed by atoms with Gasteiger partial charge in [0.15, 0.2) is 0 Å². The van der Waals surface area contributed by atoms with Gasteiger partial charge in [-0.05, 0) is 19.1 Å². The normalized spacial score (nSPS) is 10.2. The fourth-order valence-corrected chi connectivity index (χ4v) is 1.06. The monoisotopic (exact) mass is 434 g/mol. The second-order valence-electron chi connectivity index (χ2n) is 4.50. The Labute approximate surface area is 160 Å². The molecule has 1 rings (SSSR count). The van der Waals surface area contributed by atoms with Gasteiger partial charge in [0.1, 0.15) is 5.75 Å². The average Bonchev–Trinajstić information content (AvgIpc) is 2.54. The van der Waals surface area contributed by atoms with E-state index in [1.54, 1.807) is 12.1 Å². The minimum Gasteiger partial charge on any atom is -0.459 e. The largest absolute Gasteiger partial charge is 0.491 e. The Morgan fingerprint density at radius 2 is 1.24 bits per heavy atom. The summed E-state index contributed by atoms with van der Waals surface area (Å²) in [5, 5.41) is 0. The van der Waals surface area contributed by atoms with E-state index in [0.717, 1.165) is 0 Å². The first-order chi connectivity index (χ1) is 13.1. The molecule has 0 unspecified atom stereocenters. The highest BCUT2D eigenvalue weighted by Crippen LogP contribution is 2.16. The van der Waals surface area contributed by atoms with E-state index in [1.165, 1.54) is 13.8 Å². The lowest BCUT2D eigenvalue weighted by Crippen LogP contribution is -2.26. The molecule has 0 aliphatic rings. The van der Waals surface area contributed by atoms with E-state index in [-0.39, 0.29) is 12.6 Å². The van der Waals surface area contributed by atoms with Gasteiger partial charge in [0.25, 0.3) is 0 Å². The number of benzene rings is 1. The van der Waals surface area contributed by atoms with Crippen LogP contribution in [0.25, 0.3) is 0 Å². The van der Waals surface area contributed by atoms with E-state index < -0.39 is 30.3 Å². The first-order valence-electron chi connectivity index (χ1n) is 7.38. The smallest absolute Gasteiger partial charge is 0.459 e. The molecular formula is C16H16F6O7. The molecule has 0 aromatic heterocycles. The first kappa shape index (κ1) is 28.1. The Bertz CT molecular complexity index is 669. The highest BCUT2D eigenvalue weighted by atomic mass is 19.4. The van der Waals surface area contributed by atoms with Crippen molar-refractivity contribution in [2.45, 2.75) is 33.1 Å². The predicted molar refractivity (Wildman–Crippen MR) is 83.3 cm³/mol. The molecule has 164 valence electrons. The van der Waals surface area contributed by atoms with E-state index in [2.05, 4.69) is 9.47 Å². The van der Waals surface area contributed by atoms with Crippen LogP contribution in [0.4, 0.5) is 26.3 Å². The lowest BCUT2D eigenvalue weighted by molar-refractivity contribution is -0.201. The van der Waals surface area contributed by atoms with Crippen LogP contribution < -0.4 is 4.74 Å². The summed E-state index contributed by atoms with van der Waals surface area (Å²) in [6.07, 6.45) is -9.94. The number of rotatable bonds is 2. The summed E-state index contributed by atoms with van der Waals surface area (Å²) in [6.45, 7) is 3.15. The molecule has 0 N–H and O–H groups in total. The summed E-state index contributed by atoms with van der Waals surface area (Å²) in [6, 6.07) is 8.98. The Kier molecular flexibility index (Phi) is 12.7. The molecule has 0 atom stereocenters. The van der Waals surface area contributed by atoms with Crippen LogP contribution in [0.2, 0.25) is 0 Å². The van der Waals surface area contributed by atoms with Gasteiger partial charge in [-0.25, -0.2) is 9.59 Å². The summed E-state index contributed by atoms with van der Waals surface area (Å²) >= 11 is 0. The third-order valence-electron chi connectivity index (χ3n) is 1.98. The molecule has 0 aliphatic heterocycles. The Morgan fingerprint density at radius 3 is 1.48 bits per heavy atom. The molecule has 0 radical (unpaired) electrons.